The molecule has 0 spiro atoms. The molecule has 1 aliphatic rings. The summed E-state index contributed by atoms with van der Waals surface area (Å²) < 4.78 is 5.13. The zero-order valence-corrected chi connectivity index (χ0v) is 8.31. The molecule has 72 valence electrons. The van der Waals surface area contributed by atoms with E-state index in [4.69, 9.17) is 4.74 Å². The first-order valence-corrected chi connectivity index (χ1v) is 4.61. The van der Waals surface area contributed by atoms with Crippen LogP contribution in [-0.4, -0.2) is 38.4 Å². The largest absolute Gasteiger partial charge is 0.383 e. The van der Waals surface area contributed by atoms with Crippen LogP contribution >= 0.6 is 0 Å². The summed E-state index contributed by atoms with van der Waals surface area (Å²) in [4.78, 5) is 0. The van der Waals surface area contributed by atoms with Crippen LogP contribution < -0.4 is 10.6 Å². The Balaban J connectivity index is 2.27. The number of nitrogens with one attached hydrogen (secondary N) is 2. The van der Waals surface area contributed by atoms with Crippen LogP contribution in [-0.2, 0) is 4.74 Å². The quantitative estimate of drug-likeness (QED) is 0.642. The molecule has 1 saturated heterocycles. The van der Waals surface area contributed by atoms with Gasteiger partial charge in [0, 0.05) is 25.2 Å². The van der Waals surface area contributed by atoms with Crippen LogP contribution in [0, 0.1) is 0 Å². The van der Waals surface area contributed by atoms with E-state index in [0.717, 1.165) is 19.7 Å². The summed E-state index contributed by atoms with van der Waals surface area (Å²) >= 11 is 0. The molecule has 12 heavy (non-hydrogen) atoms. The molecule has 1 rings (SSSR count). The van der Waals surface area contributed by atoms with Gasteiger partial charge < -0.3 is 15.4 Å². The van der Waals surface area contributed by atoms with E-state index in [-0.39, 0.29) is 5.54 Å². The summed E-state index contributed by atoms with van der Waals surface area (Å²) in [7, 11) is 1.75. The Bertz CT molecular complexity index is 130. The van der Waals surface area contributed by atoms with Crippen molar-refractivity contribution in [3.8, 4) is 0 Å². The number of methoxy groups -OCH3 is 1. The maximum Gasteiger partial charge on any atom is 0.0639 e. The average molecular weight is 172 g/mol. The van der Waals surface area contributed by atoms with E-state index < -0.39 is 0 Å². The summed E-state index contributed by atoms with van der Waals surface area (Å²) in [5.74, 6) is 0. The lowest BCUT2D eigenvalue weighted by Crippen LogP contribution is -2.49. The molecule has 0 aromatic rings. The molecule has 0 aliphatic carbocycles. The van der Waals surface area contributed by atoms with Crippen LogP contribution in [0.1, 0.15) is 20.3 Å². The minimum absolute atomic E-state index is 0.103. The van der Waals surface area contributed by atoms with Crippen LogP contribution in [0.15, 0.2) is 0 Å². The average Bonchev–Trinajstić information content (AvgIpc) is 2.38. The van der Waals surface area contributed by atoms with Gasteiger partial charge in [-0.25, -0.2) is 0 Å². The summed E-state index contributed by atoms with van der Waals surface area (Å²) in [5, 5.41) is 6.90. The fourth-order valence-electron chi connectivity index (χ4n) is 1.73. The topological polar surface area (TPSA) is 33.3 Å². The highest BCUT2D eigenvalue weighted by Crippen LogP contribution is 2.07. The standard InChI is InChI=1S/C9H20N2O/c1-9(2,7-12-3)11-8-4-5-10-6-8/h8,10-11H,4-7H2,1-3H3. The highest BCUT2D eigenvalue weighted by atomic mass is 16.5. The van der Waals surface area contributed by atoms with Crippen molar-refractivity contribution in [1.29, 1.82) is 0 Å². The fraction of sp³-hybridized carbons (Fsp3) is 1.00. The SMILES string of the molecule is COCC(C)(C)NC1CCNC1. The van der Waals surface area contributed by atoms with Crippen LogP contribution in [0.4, 0.5) is 0 Å². The molecule has 2 N–H and O–H groups in total. The van der Waals surface area contributed by atoms with Crippen molar-refractivity contribution in [3.05, 3.63) is 0 Å². The Morgan fingerprint density at radius 2 is 2.33 bits per heavy atom. The number of hydrogen-bond donors (Lipinski definition) is 2. The van der Waals surface area contributed by atoms with Gasteiger partial charge in [0.2, 0.25) is 0 Å². The van der Waals surface area contributed by atoms with Crippen LogP contribution in [0.25, 0.3) is 0 Å². The highest BCUT2D eigenvalue weighted by Gasteiger charge is 2.23. The maximum atomic E-state index is 5.13. The molecule has 1 fully saturated rings. The second-order valence-electron chi connectivity index (χ2n) is 4.15. The van der Waals surface area contributed by atoms with Crippen molar-refractivity contribution in [2.75, 3.05) is 26.8 Å². The third-order valence-electron chi connectivity index (χ3n) is 2.16. The van der Waals surface area contributed by atoms with Crippen LogP contribution in [0.2, 0.25) is 0 Å². The van der Waals surface area contributed by atoms with E-state index in [1.165, 1.54) is 6.42 Å². The minimum atomic E-state index is 0.103. The molecule has 1 unspecified atom stereocenters. The molecule has 3 heteroatoms. The third-order valence-corrected chi connectivity index (χ3v) is 2.16. The van der Waals surface area contributed by atoms with Gasteiger partial charge in [-0.15, -0.1) is 0 Å². The lowest BCUT2D eigenvalue weighted by molar-refractivity contribution is 0.122. The van der Waals surface area contributed by atoms with Crippen LogP contribution in [0.3, 0.4) is 0 Å². The van der Waals surface area contributed by atoms with Gasteiger partial charge in [0.15, 0.2) is 0 Å². The number of rotatable bonds is 4. The van der Waals surface area contributed by atoms with Gasteiger partial charge in [0.1, 0.15) is 0 Å². The molecule has 0 radical (unpaired) electrons. The van der Waals surface area contributed by atoms with Crippen molar-refractivity contribution in [2.24, 2.45) is 0 Å². The van der Waals surface area contributed by atoms with E-state index in [9.17, 15) is 0 Å². The molecular formula is C9H20N2O. The lowest BCUT2D eigenvalue weighted by atomic mass is 10.1. The Kier molecular flexibility index (Phi) is 3.50. The molecule has 3 nitrogen and oxygen atoms in total. The molecule has 1 atom stereocenters. The summed E-state index contributed by atoms with van der Waals surface area (Å²) in [6.45, 7) is 7.35. The Labute approximate surface area is 74.9 Å². The van der Waals surface area contributed by atoms with E-state index in [2.05, 4.69) is 24.5 Å². The van der Waals surface area contributed by atoms with Gasteiger partial charge >= 0.3 is 0 Å². The van der Waals surface area contributed by atoms with Gasteiger partial charge in [-0.2, -0.15) is 0 Å². The predicted molar refractivity (Wildman–Crippen MR) is 50.4 cm³/mol. The van der Waals surface area contributed by atoms with E-state index in [0.29, 0.717) is 6.04 Å². The second-order valence-corrected chi connectivity index (χ2v) is 4.15. The van der Waals surface area contributed by atoms with E-state index in [1.807, 2.05) is 0 Å². The molecule has 0 amide bonds. The smallest absolute Gasteiger partial charge is 0.0639 e. The Morgan fingerprint density at radius 3 is 2.83 bits per heavy atom. The first-order chi connectivity index (χ1) is 5.64. The molecule has 0 aromatic carbocycles. The summed E-state index contributed by atoms with van der Waals surface area (Å²) in [6.07, 6.45) is 1.23. The zero-order valence-electron chi connectivity index (χ0n) is 8.31. The van der Waals surface area contributed by atoms with Crippen LogP contribution in [0.5, 0.6) is 0 Å². The van der Waals surface area contributed by atoms with Gasteiger partial charge in [-0.1, -0.05) is 0 Å². The molecule has 1 heterocycles. The van der Waals surface area contributed by atoms with Gasteiger partial charge in [0.05, 0.1) is 6.61 Å². The summed E-state index contributed by atoms with van der Waals surface area (Å²) in [5.41, 5.74) is 0.103. The minimum Gasteiger partial charge on any atom is -0.383 e. The Hall–Kier alpha value is -0.120. The Morgan fingerprint density at radius 1 is 1.58 bits per heavy atom. The molecule has 0 bridgehead atoms. The molecule has 0 aromatic heterocycles. The van der Waals surface area contributed by atoms with Crippen molar-refractivity contribution in [1.82, 2.24) is 10.6 Å². The first kappa shape index (κ1) is 9.96. The van der Waals surface area contributed by atoms with E-state index >= 15 is 0 Å². The fourth-order valence-corrected chi connectivity index (χ4v) is 1.73. The van der Waals surface area contributed by atoms with Gasteiger partial charge in [-0.3, -0.25) is 0 Å². The zero-order chi connectivity index (χ0) is 9.03. The van der Waals surface area contributed by atoms with Crippen molar-refractivity contribution in [2.45, 2.75) is 31.8 Å². The monoisotopic (exact) mass is 172 g/mol. The molecular weight excluding hydrogens is 152 g/mol. The van der Waals surface area contributed by atoms with Crippen molar-refractivity contribution >= 4 is 0 Å². The normalized spacial score (nSPS) is 24.8. The number of hydrogen-bond acceptors (Lipinski definition) is 3. The molecule has 0 saturated carbocycles. The third kappa shape index (κ3) is 3.09. The van der Waals surface area contributed by atoms with E-state index in [1.54, 1.807) is 7.11 Å². The van der Waals surface area contributed by atoms with Crippen molar-refractivity contribution in [3.63, 3.8) is 0 Å². The predicted octanol–water partition coefficient (Wildman–Crippen LogP) is 0.363. The lowest BCUT2D eigenvalue weighted by Gasteiger charge is -2.28. The maximum absolute atomic E-state index is 5.13. The molecule has 1 aliphatic heterocycles. The van der Waals surface area contributed by atoms with Gasteiger partial charge in [-0.05, 0) is 26.8 Å². The second kappa shape index (κ2) is 4.21. The van der Waals surface area contributed by atoms with Gasteiger partial charge in [0.25, 0.3) is 0 Å². The highest BCUT2D eigenvalue weighted by molar-refractivity contribution is 4.86. The van der Waals surface area contributed by atoms with Crippen molar-refractivity contribution < 1.29 is 4.74 Å². The number of ether oxygens (including phenoxy) is 1. The summed E-state index contributed by atoms with van der Waals surface area (Å²) in [6, 6.07) is 0.621. The first-order valence-electron chi connectivity index (χ1n) is 4.61.